The molecule has 0 aliphatic carbocycles. The smallest absolute Gasteiger partial charge is 0.414 e. The number of nitrogens with two attached hydrogens (primary N) is 1. The maximum absolute atomic E-state index is 12.9. The van der Waals surface area contributed by atoms with E-state index >= 15 is 0 Å². The van der Waals surface area contributed by atoms with Crippen molar-refractivity contribution >= 4 is 46.2 Å². The van der Waals surface area contributed by atoms with E-state index in [1.807, 2.05) is 41.3 Å². The molecule has 41 heavy (non-hydrogen) atoms. The molecule has 2 heterocycles. The molecule has 3 aromatic carbocycles. The van der Waals surface area contributed by atoms with Crippen LogP contribution in [-0.4, -0.2) is 91.5 Å². The minimum absolute atomic E-state index is 0.0603. The van der Waals surface area contributed by atoms with Crippen molar-refractivity contribution in [3.63, 3.8) is 0 Å². The van der Waals surface area contributed by atoms with Crippen molar-refractivity contribution in [2.45, 2.75) is 13.0 Å². The van der Waals surface area contributed by atoms with E-state index < -0.39 is 24.1 Å². The van der Waals surface area contributed by atoms with Crippen LogP contribution in [0.1, 0.15) is 22.8 Å². The van der Waals surface area contributed by atoms with Gasteiger partial charge in [0.05, 0.1) is 19.7 Å². The molecular weight excluding hydrogens is 526 g/mol. The summed E-state index contributed by atoms with van der Waals surface area (Å²) in [6, 6.07) is 19.9. The molecule has 0 aromatic heterocycles. The van der Waals surface area contributed by atoms with Gasteiger partial charge in [0.1, 0.15) is 18.5 Å². The topological polar surface area (TPSA) is 135 Å². The number of ether oxygens (including phenoxy) is 2. The number of piperazine rings is 1. The highest BCUT2D eigenvalue weighted by atomic mass is 16.6. The predicted molar refractivity (Wildman–Crippen MR) is 153 cm³/mol. The third-order valence-corrected chi connectivity index (χ3v) is 7.08. The molecule has 0 bridgehead atoms. The van der Waals surface area contributed by atoms with E-state index in [0.29, 0.717) is 43.0 Å². The molecule has 2 aliphatic heterocycles. The Hall–Kier alpha value is -4.77. The van der Waals surface area contributed by atoms with Gasteiger partial charge in [-0.2, -0.15) is 4.99 Å². The standard InChI is InChI=1S/C30H31N5O6/c1-2-40-27(37)19-34-15-14-33(18-26(34)36)16-23-17-35(30(39)41-23)22-12-10-21(11-13-22)28(31)32-29(38)25-9-5-7-20-6-3-4-8-24(20)25/h3-13,23H,2,14-19H2,1H3,(H2,31,32,38). The zero-order chi connectivity index (χ0) is 28.9. The van der Waals surface area contributed by atoms with Gasteiger partial charge in [-0.25, -0.2) is 4.79 Å². The molecule has 0 spiro atoms. The van der Waals surface area contributed by atoms with E-state index in [2.05, 4.69) is 4.99 Å². The summed E-state index contributed by atoms with van der Waals surface area (Å²) in [4.78, 5) is 58.7. The summed E-state index contributed by atoms with van der Waals surface area (Å²) in [5, 5.41) is 1.74. The fourth-order valence-electron chi connectivity index (χ4n) is 5.02. The number of amides is 3. The second-order valence-corrected chi connectivity index (χ2v) is 9.85. The van der Waals surface area contributed by atoms with Crippen LogP contribution in [0, 0.1) is 0 Å². The first-order valence-electron chi connectivity index (χ1n) is 13.4. The summed E-state index contributed by atoms with van der Waals surface area (Å²) in [6.45, 7) is 3.74. The van der Waals surface area contributed by atoms with Crippen molar-refractivity contribution in [1.82, 2.24) is 9.80 Å². The molecule has 1 unspecified atom stereocenters. The van der Waals surface area contributed by atoms with Gasteiger partial charge in [0.25, 0.3) is 5.91 Å². The van der Waals surface area contributed by atoms with Crippen LogP contribution >= 0.6 is 0 Å². The minimum atomic E-state index is -0.484. The third-order valence-electron chi connectivity index (χ3n) is 7.08. The number of amidine groups is 1. The average molecular weight is 558 g/mol. The van der Waals surface area contributed by atoms with Crippen LogP contribution in [0.2, 0.25) is 0 Å². The number of cyclic esters (lactones) is 1. The van der Waals surface area contributed by atoms with Gasteiger partial charge >= 0.3 is 12.1 Å². The Bertz CT molecular complexity index is 1500. The second kappa shape index (κ2) is 12.2. The van der Waals surface area contributed by atoms with E-state index in [4.69, 9.17) is 15.2 Å². The van der Waals surface area contributed by atoms with Crippen molar-refractivity contribution in [2.24, 2.45) is 10.7 Å². The van der Waals surface area contributed by atoms with E-state index in [0.717, 1.165) is 10.8 Å². The zero-order valence-corrected chi connectivity index (χ0v) is 22.7. The SMILES string of the molecule is CCOC(=O)CN1CCN(CC2CN(c3ccc(C(N)=NC(=O)c4cccc5ccccc45)cc3)C(=O)O2)CC1=O. The fraction of sp³-hybridized carbons (Fsp3) is 0.300. The molecule has 3 amide bonds. The van der Waals surface area contributed by atoms with Crippen molar-refractivity contribution < 1.29 is 28.7 Å². The summed E-state index contributed by atoms with van der Waals surface area (Å²) in [6.07, 6.45) is -0.903. The van der Waals surface area contributed by atoms with Crippen LogP contribution in [0.5, 0.6) is 0 Å². The highest BCUT2D eigenvalue weighted by molar-refractivity contribution is 6.13. The molecule has 2 fully saturated rings. The first-order chi connectivity index (χ1) is 19.8. The molecule has 212 valence electrons. The number of carbonyl (C=O) groups is 4. The Morgan fingerprint density at radius 3 is 2.54 bits per heavy atom. The van der Waals surface area contributed by atoms with Gasteiger partial charge in [0.15, 0.2) is 0 Å². The highest BCUT2D eigenvalue weighted by Crippen LogP contribution is 2.24. The second-order valence-electron chi connectivity index (χ2n) is 9.85. The van der Waals surface area contributed by atoms with Crippen LogP contribution in [0.3, 0.4) is 0 Å². The molecule has 3 aromatic rings. The monoisotopic (exact) mass is 557 g/mol. The molecule has 1 atom stereocenters. The Balaban J connectivity index is 1.18. The molecule has 5 rings (SSSR count). The highest BCUT2D eigenvalue weighted by Gasteiger charge is 2.35. The van der Waals surface area contributed by atoms with Crippen LogP contribution in [0.25, 0.3) is 10.8 Å². The van der Waals surface area contributed by atoms with Crippen LogP contribution in [-0.2, 0) is 19.1 Å². The number of hydrogen-bond donors (Lipinski definition) is 1. The molecule has 2 N–H and O–H groups in total. The number of hydrogen-bond acceptors (Lipinski definition) is 7. The molecule has 0 radical (unpaired) electrons. The molecule has 2 aliphatic rings. The van der Waals surface area contributed by atoms with Gasteiger partial charge in [0, 0.05) is 36.4 Å². The minimum Gasteiger partial charge on any atom is -0.465 e. The maximum Gasteiger partial charge on any atom is 0.414 e. The Morgan fingerprint density at radius 1 is 1.02 bits per heavy atom. The Labute approximate surface area is 237 Å². The number of rotatable bonds is 8. The third kappa shape index (κ3) is 6.36. The molecule has 2 saturated heterocycles. The van der Waals surface area contributed by atoms with E-state index in [1.165, 1.54) is 9.80 Å². The van der Waals surface area contributed by atoms with Crippen LogP contribution in [0.15, 0.2) is 71.7 Å². The number of nitrogens with zero attached hydrogens (tertiary/aromatic N) is 4. The van der Waals surface area contributed by atoms with Gasteiger partial charge in [0.2, 0.25) is 5.91 Å². The fourth-order valence-corrected chi connectivity index (χ4v) is 5.02. The quantitative estimate of drug-likeness (QED) is 0.254. The lowest BCUT2D eigenvalue weighted by atomic mass is 10.0. The van der Waals surface area contributed by atoms with Crippen LogP contribution < -0.4 is 10.6 Å². The lowest BCUT2D eigenvalue weighted by Gasteiger charge is -2.34. The van der Waals surface area contributed by atoms with Gasteiger partial charge in [-0.3, -0.25) is 24.2 Å². The Kier molecular flexibility index (Phi) is 8.25. The largest absolute Gasteiger partial charge is 0.465 e. The number of benzene rings is 3. The summed E-state index contributed by atoms with van der Waals surface area (Å²) < 4.78 is 10.5. The van der Waals surface area contributed by atoms with Gasteiger partial charge < -0.3 is 20.1 Å². The summed E-state index contributed by atoms with van der Waals surface area (Å²) in [7, 11) is 0. The lowest BCUT2D eigenvalue weighted by Crippen LogP contribution is -2.53. The number of aliphatic imine (C=N–C) groups is 1. The number of fused-ring (bicyclic) bond motifs is 1. The first kappa shape index (κ1) is 27.8. The van der Waals surface area contributed by atoms with Crippen LogP contribution in [0.4, 0.5) is 10.5 Å². The van der Waals surface area contributed by atoms with Gasteiger partial charge in [-0.1, -0.05) is 36.4 Å². The van der Waals surface area contributed by atoms with Gasteiger partial charge in [-0.15, -0.1) is 0 Å². The van der Waals surface area contributed by atoms with E-state index in [1.54, 1.807) is 37.3 Å². The van der Waals surface area contributed by atoms with Gasteiger partial charge in [-0.05, 0) is 48.0 Å². The number of anilines is 1. The summed E-state index contributed by atoms with van der Waals surface area (Å²) >= 11 is 0. The zero-order valence-electron chi connectivity index (χ0n) is 22.7. The van der Waals surface area contributed by atoms with Crippen molar-refractivity contribution in [3.05, 3.63) is 77.9 Å². The molecular formula is C30H31N5O6. The molecule has 11 nitrogen and oxygen atoms in total. The van der Waals surface area contributed by atoms with E-state index in [-0.39, 0.29) is 31.4 Å². The number of esters is 1. The van der Waals surface area contributed by atoms with Crippen molar-refractivity contribution in [2.75, 3.05) is 50.8 Å². The predicted octanol–water partition coefficient (Wildman–Crippen LogP) is 2.42. The average Bonchev–Trinajstić information content (AvgIpc) is 3.33. The first-order valence-corrected chi connectivity index (χ1v) is 13.4. The molecule has 0 saturated carbocycles. The van der Waals surface area contributed by atoms with E-state index in [9.17, 15) is 19.2 Å². The molecule has 11 heteroatoms. The summed E-state index contributed by atoms with van der Waals surface area (Å²) in [5.74, 6) is -0.956. The van der Waals surface area contributed by atoms with Crippen molar-refractivity contribution in [1.29, 1.82) is 0 Å². The summed E-state index contributed by atoms with van der Waals surface area (Å²) in [5.41, 5.74) is 7.79. The normalized spacial score (nSPS) is 18.1. The maximum atomic E-state index is 12.9. The lowest BCUT2D eigenvalue weighted by molar-refractivity contribution is -0.151. The number of carbonyl (C=O) groups excluding carboxylic acids is 4. The van der Waals surface area contributed by atoms with Crippen molar-refractivity contribution in [3.8, 4) is 0 Å². The Morgan fingerprint density at radius 2 is 1.78 bits per heavy atom.